The summed E-state index contributed by atoms with van der Waals surface area (Å²) in [4.78, 5) is 36.3. The molecule has 6 heteroatoms. The largest absolute Gasteiger partial charge is 0.462 e. The lowest BCUT2D eigenvalue weighted by molar-refractivity contribution is -0.139. The van der Waals surface area contributed by atoms with E-state index in [2.05, 4.69) is 37.9 Å². The summed E-state index contributed by atoms with van der Waals surface area (Å²) >= 11 is 0. The van der Waals surface area contributed by atoms with Gasteiger partial charge in [0.1, 0.15) is 11.5 Å². The van der Waals surface area contributed by atoms with Gasteiger partial charge in [-0.15, -0.1) is 0 Å². The first-order valence-corrected chi connectivity index (χ1v) is 13.4. The molecule has 4 rings (SSSR count). The number of fused-ring (bicyclic) bond motifs is 1. The van der Waals surface area contributed by atoms with Crippen LogP contribution in [0.5, 0.6) is 11.5 Å². The zero-order valence-corrected chi connectivity index (χ0v) is 24.0. The minimum Gasteiger partial charge on any atom is -0.462 e. The van der Waals surface area contributed by atoms with E-state index in [1.165, 1.54) is 17.2 Å². The molecule has 0 radical (unpaired) electrons. The Morgan fingerprint density at radius 1 is 0.732 bits per heavy atom. The molecule has 1 unspecified atom stereocenters. The van der Waals surface area contributed by atoms with Gasteiger partial charge in [-0.25, -0.2) is 14.4 Å². The van der Waals surface area contributed by atoms with Crippen LogP contribution in [0, 0.1) is 6.92 Å². The summed E-state index contributed by atoms with van der Waals surface area (Å²) in [6.45, 7) is 18.1. The lowest BCUT2D eigenvalue weighted by Crippen LogP contribution is -2.11. The number of rotatable bonds is 9. The van der Waals surface area contributed by atoms with E-state index < -0.39 is 11.9 Å². The van der Waals surface area contributed by atoms with Crippen molar-refractivity contribution in [3.05, 3.63) is 108 Å². The van der Waals surface area contributed by atoms with Gasteiger partial charge in [0.25, 0.3) is 0 Å². The molecule has 6 nitrogen and oxygen atoms in total. The number of carbonyl (C=O) groups is 3. The third-order valence-corrected chi connectivity index (χ3v) is 6.98. The van der Waals surface area contributed by atoms with Crippen LogP contribution in [0.1, 0.15) is 49.8 Å². The molecular weight excluding hydrogens is 516 g/mol. The Kier molecular flexibility index (Phi) is 8.72. The minimum absolute atomic E-state index is 0.151. The quantitative estimate of drug-likeness (QED) is 0.157. The Morgan fingerprint density at radius 3 is 1.88 bits per heavy atom. The molecule has 41 heavy (non-hydrogen) atoms. The molecule has 0 saturated carbocycles. The van der Waals surface area contributed by atoms with Crippen molar-refractivity contribution in [1.82, 2.24) is 0 Å². The maximum Gasteiger partial charge on any atom is 0.338 e. The van der Waals surface area contributed by atoms with Gasteiger partial charge in [-0.2, -0.15) is 0 Å². The van der Waals surface area contributed by atoms with Gasteiger partial charge in [0, 0.05) is 28.7 Å². The molecule has 0 N–H and O–H groups in total. The lowest BCUT2D eigenvalue weighted by atomic mass is 9.92. The third-order valence-electron chi connectivity index (χ3n) is 6.98. The molecule has 0 bridgehead atoms. The highest BCUT2D eigenvalue weighted by atomic mass is 16.5. The number of hydrogen-bond donors (Lipinski definition) is 0. The summed E-state index contributed by atoms with van der Waals surface area (Å²) in [6, 6.07) is 17.5. The Morgan fingerprint density at radius 2 is 1.32 bits per heavy atom. The van der Waals surface area contributed by atoms with Crippen molar-refractivity contribution in [2.75, 3.05) is 6.61 Å². The van der Waals surface area contributed by atoms with E-state index in [1.54, 1.807) is 32.9 Å². The summed E-state index contributed by atoms with van der Waals surface area (Å²) in [5.41, 5.74) is 8.13. The molecule has 3 aromatic carbocycles. The van der Waals surface area contributed by atoms with Crippen molar-refractivity contribution in [2.24, 2.45) is 0 Å². The fourth-order valence-corrected chi connectivity index (χ4v) is 4.74. The number of aryl methyl sites for hydroxylation is 2. The highest BCUT2D eigenvalue weighted by Gasteiger charge is 2.25. The molecule has 210 valence electrons. The molecule has 0 amide bonds. The summed E-state index contributed by atoms with van der Waals surface area (Å²) in [6.07, 6.45) is 1.89. The topological polar surface area (TPSA) is 78.9 Å². The smallest absolute Gasteiger partial charge is 0.338 e. The van der Waals surface area contributed by atoms with Gasteiger partial charge < -0.3 is 14.2 Å². The molecular formula is C35H34O6. The molecule has 3 aromatic rings. The Labute approximate surface area is 241 Å². The Hall–Kier alpha value is -4.71. The van der Waals surface area contributed by atoms with Crippen molar-refractivity contribution in [1.29, 1.82) is 0 Å². The van der Waals surface area contributed by atoms with Crippen LogP contribution in [0.4, 0.5) is 0 Å². The number of hydrogen-bond acceptors (Lipinski definition) is 6. The lowest BCUT2D eigenvalue weighted by Gasteiger charge is -2.15. The van der Waals surface area contributed by atoms with Gasteiger partial charge in [-0.1, -0.05) is 56.1 Å². The maximum atomic E-state index is 12.2. The van der Waals surface area contributed by atoms with Crippen molar-refractivity contribution >= 4 is 17.9 Å². The third kappa shape index (κ3) is 6.90. The molecule has 0 aromatic heterocycles. The Bertz CT molecular complexity index is 1550. The highest BCUT2D eigenvalue weighted by Crippen LogP contribution is 2.38. The maximum absolute atomic E-state index is 12.2. The van der Waals surface area contributed by atoms with Gasteiger partial charge in [-0.3, -0.25) is 0 Å². The van der Waals surface area contributed by atoms with E-state index in [0.717, 1.165) is 35.1 Å². The van der Waals surface area contributed by atoms with E-state index in [9.17, 15) is 14.4 Å². The van der Waals surface area contributed by atoms with Crippen LogP contribution >= 0.6 is 0 Å². The number of carbonyl (C=O) groups excluding carboxylic acids is 3. The number of ether oxygens (including phenoxy) is 3. The normalized spacial score (nSPS) is 13.6. The van der Waals surface area contributed by atoms with E-state index in [-0.39, 0.29) is 34.5 Å². The molecule has 0 saturated heterocycles. The average Bonchev–Trinajstić information content (AvgIpc) is 3.33. The van der Waals surface area contributed by atoms with Crippen molar-refractivity contribution in [3.63, 3.8) is 0 Å². The molecule has 1 aliphatic rings. The zero-order chi connectivity index (χ0) is 29.8. The SMILES string of the molecule is C=C(C)C(=O)OCC1CCc2ccc(-c3ccc(-c4cc(OC(=O)C(=C)C)cc(OC(=O)C(=C)C)c4)cc3C)cc21. The second-order valence-electron chi connectivity index (χ2n) is 10.6. The Balaban J connectivity index is 1.65. The summed E-state index contributed by atoms with van der Waals surface area (Å²) in [5, 5.41) is 0. The van der Waals surface area contributed by atoms with Crippen LogP contribution in [0.3, 0.4) is 0 Å². The molecule has 1 atom stereocenters. The summed E-state index contributed by atoms with van der Waals surface area (Å²) < 4.78 is 16.4. The van der Waals surface area contributed by atoms with Gasteiger partial charge in [0.05, 0.1) is 6.61 Å². The van der Waals surface area contributed by atoms with Gasteiger partial charge in [0.2, 0.25) is 0 Å². The van der Waals surface area contributed by atoms with Gasteiger partial charge >= 0.3 is 17.9 Å². The minimum atomic E-state index is -0.574. The van der Waals surface area contributed by atoms with E-state index in [0.29, 0.717) is 17.7 Å². The predicted molar refractivity (Wildman–Crippen MR) is 160 cm³/mol. The highest BCUT2D eigenvalue weighted by molar-refractivity contribution is 5.90. The first kappa shape index (κ1) is 29.3. The van der Waals surface area contributed by atoms with Crippen LogP contribution in [0.2, 0.25) is 0 Å². The molecule has 1 aliphatic carbocycles. The van der Waals surface area contributed by atoms with Crippen molar-refractivity contribution in [3.8, 4) is 33.8 Å². The second kappa shape index (κ2) is 12.2. The van der Waals surface area contributed by atoms with Crippen LogP contribution in [-0.4, -0.2) is 24.5 Å². The molecule has 0 heterocycles. The zero-order valence-electron chi connectivity index (χ0n) is 24.0. The van der Waals surface area contributed by atoms with E-state index >= 15 is 0 Å². The fraction of sp³-hybridized carbons (Fsp3) is 0.229. The molecule has 0 fully saturated rings. The fourth-order valence-electron chi connectivity index (χ4n) is 4.74. The average molecular weight is 551 g/mol. The van der Waals surface area contributed by atoms with Crippen LogP contribution in [0.25, 0.3) is 22.3 Å². The first-order valence-electron chi connectivity index (χ1n) is 13.4. The van der Waals surface area contributed by atoms with Crippen LogP contribution < -0.4 is 9.47 Å². The summed E-state index contributed by atoms with van der Waals surface area (Å²) in [7, 11) is 0. The van der Waals surface area contributed by atoms with Gasteiger partial charge in [0.15, 0.2) is 0 Å². The van der Waals surface area contributed by atoms with E-state index in [1.807, 2.05) is 25.1 Å². The number of esters is 3. The van der Waals surface area contributed by atoms with Crippen LogP contribution in [-0.2, 0) is 25.5 Å². The van der Waals surface area contributed by atoms with Gasteiger partial charge in [-0.05, 0) is 91.6 Å². The van der Waals surface area contributed by atoms with Crippen LogP contribution in [0.15, 0.2) is 91.1 Å². The second-order valence-corrected chi connectivity index (χ2v) is 10.6. The van der Waals surface area contributed by atoms with Crippen molar-refractivity contribution < 1.29 is 28.6 Å². The van der Waals surface area contributed by atoms with Crippen molar-refractivity contribution in [2.45, 2.75) is 46.5 Å². The monoisotopic (exact) mass is 550 g/mol. The summed E-state index contributed by atoms with van der Waals surface area (Å²) in [5.74, 6) is -0.891. The van der Waals surface area contributed by atoms with E-state index in [4.69, 9.17) is 14.2 Å². The molecule has 0 aliphatic heterocycles. The number of benzene rings is 3. The standard InChI is InChI=1S/C35H34O6/c1-20(2)33(36)39-19-27-11-9-24-8-10-26(17-32(24)27)31-13-12-25(14-23(31)7)28-15-29(40-34(37)21(3)4)18-30(16-28)41-35(38)22(5)6/h8,10,12-18,27H,1,3,5,9,11,19H2,2,4,6-7H3. The first-order chi connectivity index (χ1) is 19.4. The molecule has 0 spiro atoms. The predicted octanol–water partition coefficient (Wildman–Crippen LogP) is 7.44.